The monoisotopic (exact) mass is 404 g/mol. The molecular formula is C18H17ClN4O3S. The summed E-state index contributed by atoms with van der Waals surface area (Å²) in [5.41, 5.74) is 0.546. The van der Waals surface area contributed by atoms with Gasteiger partial charge in [-0.3, -0.25) is 19.8 Å². The van der Waals surface area contributed by atoms with Crippen LogP contribution in [0.3, 0.4) is 0 Å². The Morgan fingerprint density at radius 3 is 2.67 bits per heavy atom. The number of anilines is 1. The fraction of sp³-hybridized carbons (Fsp3) is 0.222. The minimum atomic E-state index is -0.546. The quantitative estimate of drug-likeness (QED) is 0.457. The first-order chi connectivity index (χ1) is 12.9. The molecule has 0 aliphatic carbocycles. The number of amides is 1. The van der Waals surface area contributed by atoms with Gasteiger partial charge in [-0.15, -0.1) is 0 Å². The first kappa shape index (κ1) is 19.2. The fourth-order valence-electron chi connectivity index (χ4n) is 2.54. The molecule has 0 saturated carbocycles. The molecule has 27 heavy (non-hydrogen) atoms. The van der Waals surface area contributed by atoms with Gasteiger partial charge >= 0.3 is 0 Å². The molecule has 1 amide bonds. The Bertz CT molecular complexity index is 1010. The highest BCUT2D eigenvalue weighted by Gasteiger charge is 2.27. The van der Waals surface area contributed by atoms with Crippen LogP contribution in [0.4, 0.5) is 10.8 Å². The van der Waals surface area contributed by atoms with E-state index in [9.17, 15) is 14.9 Å². The van der Waals surface area contributed by atoms with Gasteiger partial charge in [0.25, 0.3) is 11.6 Å². The molecule has 9 heteroatoms. The van der Waals surface area contributed by atoms with Crippen LogP contribution in [-0.2, 0) is 0 Å². The molecule has 0 aliphatic heterocycles. The van der Waals surface area contributed by atoms with Gasteiger partial charge in [0.2, 0.25) is 0 Å². The topological polar surface area (TPSA) is 79.6 Å². The highest BCUT2D eigenvalue weighted by molar-refractivity contribution is 7.22. The van der Waals surface area contributed by atoms with Gasteiger partial charge in [0, 0.05) is 24.2 Å². The molecule has 3 rings (SSSR count). The molecule has 140 valence electrons. The molecule has 0 radical (unpaired) electrons. The first-order valence-electron chi connectivity index (χ1n) is 8.13. The van der Waals surface area contributed by atoms with Crippen molar-refractivity contribution in [1.29, 1.82) is 0 Å². The highest BCUT2D eigenvalue weighted by Crippen LogP contribution is 2.32. The third-order valence-corrected chi connectivity index (χ3v) is 5.19. The van der Waals surface area contributed by atoms with Crippen LogP contribution in [0.1, 0.15) is 10.4 Å². The maximum Gasteiger partial charge on any atom is 0.282 e. The van der Waals surface area contributed by atoms with E-state index < -0.39 is 10.8 Å². The molecule has 0 N–H and O–H groups in total. The van der Waals surface area contributed by atoms with Gasteiger partial charge in [-0.1, -0.05) is 35.1 Å². The zero-order valence-corrected chi connectivity index (χ0v) is 16.3. The Morgan fingerprint density at radius 1 is 1.22 bits per heavy atom. The fourth-order valence-corrected chi connectivity index (χ4v) is 3.81. The minimum Gasteiger partial charge on any atom is -0.308 e. The average molecular weight is 405 g/mol. The number of hydrogen-bond acceptors (Lipinski definition) is 6. The summed E-state index contributed by atoms with van der Waals surface area (Å²) < 4.78 is 0.850. The van der Waals surface area contributed by atoms with E-state index in [1.165, 1.54) is 28.4 Å². The first-order valence-corrected chi connectivity index (χ1v) is 9.32. The van der Waals surface area contributed by atoms with Crippen LogP contribution in [-0.4, -0.2) is 47.9 Å². The average Bonchev–Trinajstić information content (AvgIpc) is 3.04. The number of benzene rings is 2. The van der Waals surface area contributed by atoms with E-state index in [1.807, 2.05) is 19.0 Å². The van der Waals surface area contributed by atoms with E-state index in [0.717, 1.165) is 10.2 Å². The van der Waals surface area contributed by atoms with Gasteiger partial charge in [-0.2, -0.15) is 0 Å². The molecule has 0 fully saturated rings. The van der Waals surface area contributed by atoms with Crippen molar-refractivity contribution in [2.24, 2.45) is 0 Å². The molecule has 0 atom stereocenters. The van der Waals surface area contributed by atoms with E-state index in [4.69, 9.17) is 11.6 Å². The molecule has 1 aromatic heterocycles. The molecule has 3 aromatic rings. The van der Waals surface area contributed by atoms with Crippen LogP contribution in [0.15, 0.2) is 42.5 Å². The maximum absolute atomic E-state index is 13.2. The van der Waals surface area contributed by atoms with Crippen molar-refractivity contribution in [3.8, 4) is 0 Å². The van der Waals surface area contributed by atoms with E-state index in [2.05, 4.69) is 4.98 Å². The highest BCUT2D eigenvalue weighted by atomic mass is 35.5. The summed E-state index contributed by atoms with van der Waals surface area (Å²) in [6.07, 6.45) is 0. The predicted octanol–water partition coefficient (Wildman–Crippen LogP) is 4.07. The van der Waals surface area contributed by atoms with E-state index in [-0.39, 0.29) is 11.3 Å². The molecule has 0 spiro atoms. The zero-order valence-electron chi connectivity index (χ0n) is 14.8. The van der Waals surface area contributed by atoms with E-state index in [1.54, 1.807) is 30.3 Å². The number of likely N-dealkylation sites (N-methyl/N-ethyl adjacent to an activating group) is 1. The number of hydrogen-bond donors (Lipinski definition) is 0. The molecular weight excluding hydrogens is 388 g/mol. The van der Waals surface area contributed by atoms with Crippen LogP contribution in [0.2, 0.25) is 5.02 Å². The second kappa shape index (κ2) is 7.99. The summed E-state index contributed by atoms with van der Waals surface area (Å²) in [6.45, 7) is 0.939. The predicted molar refractivity (Wildman–Crippen MR) is 108 cm³/mol. The van der Waals surface area contributed by atoms with Crippen molar-refractivity contribution in [1.82, 2.24) is 9.88 Å². The summed E-state index contributed by atoms with van der Waals surface area (Å²) >= 11 is 7.37. The molecule has 0 aliphatic rings. The van der Waals surface area contributed by atoms with Crippen LogP contribution < -0.4 is 4.90 Å². The summed E-state index contributed by atoms with van der Waals surface area (Å²) in [5, 5.41) is 12.4. The van der Waals surface area contributed by atoms with Gasteiger partial charge in [0.15, 0.2) is 5.13 Å². The summed E-state index contributed by atoms with van der Waals surface area (Å²) in [5.74, 6) is -0.450. The van der Waals surface area contributed by atoms with Crippen molar-refractivity contribution < 1.29 is 9.72 Å². The van der Waals surface area contributed by atoms with Crippen molar-refractivity contribution >= 4 is 49.9 Å². The second-order valence-electron chi connectivity index (χ2n) is 6.14. The van der Waals surface area contributed by atoms with Gasteiger partial charge in [0.1, 0.15) is 5.56 Å². The number of carbonyl (C=O) groups excluding carboxylic acids is 1. The number of carbonyl (C=O) groups is 1. The summed E-state index contributed by atoms with van der Waals surface area (Å²) in [4.78, 5) is 31.9. The number of rotatable bonds is 6. The Hall–Kier alpha value is -2.55. The third kappa shape index (κ3) is 4.24. The Labute approximate surface area is 164 Å². The number of nitrogens with zero attached hydrogens (tertiary/aromatic N) is 4. The summed E-state index contributed by atoms with van der Waals surface area (Å²) in [7, 11) is 3.79. The largest absolute Gasteiger partial charge is 0.308 e. The van der Waals surface area contributed by atoms with Crippen LogP contribution in [0.5, 0.6) is 0 Å². The molecule has 1 heterocycles. The SMILES string of the molecule is CN(C)CCN(C(=O)c1ccccc1[N+](=O)[O-])c1nc2ccc(Cl)cc2s1. The van der Waals surface area contributed by atoms with Crippen molar-refractivity contribution in [3.63, 3.8) is 0 Å². The van der Waals surface area contributed by atoms with Crippen molar-refractivity contribution in [3.05, 3.63) is 63.2 Å². The molecule has 2 aromatic carbocycles. The Morgan fingerprint density at radius 2 is 1.96 bits per heavy atom. The molecule has 0 saturated heterocycles. The normalized spacial score (nSPS) is 11.1. The van der Waals surface area contributed by atoms with Gasteiger partial charge in [-0.25, -0.2) is 4.98 Å². The number of aromatic nitrogens is 1. The standard InChI is InChI=1S/C18H17ClN4O3S/c1-21(2)9-10-22(17(24)13-5-3-4-6-15(13)23(25)26)18-20-14-8-7-12(19)11-16(14)27-18/h3-8,11H,9-10H2,1-2H3. The lowest BCUT2D eigenvalue weighted by molar-refractivity contribution is -0.385. The second-order valence-corrected chi connectivity index (χ2v) is 7.59. The lowest BCUT2D eigenvalue weighted by Gasteiger charge is -2.21. The minimum absolute atomic E-state index is 0.0403. The van der Waals surface area contributed by atoms with Crippen LogP contribution in [0.25, 0.3) is 10.2 Å². The van der Waals surface area contributed by atoms with Gasteiger partial charge in [-0.05, 0) is 38.4 Å². The van der Waals surface area contributed by atoms with E-state index >= 15 is 0 Å². The zero-order chi connectivity index (χ0) is 19.6. The lowest BCUT2D eigenvalue weighted by Crippen LogP contribution is -2.37. The Kier molecular flexibility index (Phi) is 5.69. The van der Waals surface area contributed by atoms with Crippen LogP contribution in [0, 0.1) is 10.1 Å². The number of halogens is 1. The van der Waals surface area contributed by atoms with Crippen molar-refractivity contribution in [2.45, 2.75) is 0 Å². The molecule has 7 nitrogen and oxygen atoms in total. The lowest BCUT2D eigenvalue weighted by atomic mass is 10.1. The Balaban J connectivity index is 2.04. The number of fused-ring (bicyclic) bond motifs is 1. The molecule has 0 bridgehead atoms. The number of nitro groups is 1. The van der Waals surface area contributed by atoms with Crippen LogP contribution >= 0.6 is 22.9 Å². The maximum atomic E-state index is 13.2. The number of thiazole rings is 1. The molecule has 0 unspecified atom stereocenters. The van der Waals surface area contributed by atoms with Gasteiger partial charge < -0.3 is 4.90 Å². The van der Waals surface area contributed by atoms with Gasteiger partial charge in [0.05, 0.1) is 15.1 Å². The smallest absolute Gasteiger partial charge is 0.282 e. The number of nitro benzene ring substituents is 1. The summed E-state index contributed by atoms with van der Waals surface area (Å²) in [6, 6.07) is 11.3. The van der Waals surface area contributed by atoms with E-state index in [0.29, 0.717) is 23.2 Å². The third-order valence-electron chi connectivity index (χ3n) is 3.92. The van der Waals surface area contributed by atoms with Crippen molar-refractivity contribution in [2.75, 3.05) is 32.1 Å². The number of para-hydroxylation sites is 1.